The molecule has 0 bridgehead atoms. The molecule has 0 aliphatic rings. The van der Waals surface area contributed by atoms with Crippen LogP contribution in [-0.4, -0.2) is 23.6 Å². The number of nitrogens with one attached hydrogen (secondary N) is 4. The summed E-state index contributed by atoms with van der Waals surface area (Å²) < 4.78 is 0. The molecule has 0 saturated carbocycles. The van der Waals surface area contributed by atoms with Crippen LogP contribution >= 0.6 is 0 Å². The van der Waals surface area contributed by atoms with Crippen LogP contribution in [0.1, 0.15) is 32.1 Å². The molecule has 0 atom stereocenters. The molecule has 0 heterocycles. The molecule has 21 heavy (non-hydrogen) atoms. The van der Waals surface area contributed by atoms with Crippen molar-refractivity contribution in [1.29, 1.82) is 0 Å². The maximum atomic E-state index is 10.5. The lowest BCUT2D eigenvalue weighted by molar-refractivity contribution is -0.126. The number of hydrogen-bond donors (Lipinski definition) is 8. The van der Waals surface area contributed by atoms with Crippen molar-refractivity contribution in [2.75, 3.05) is 0 Å². The van der Waals surface area contributed by atoms with Crippen molar-refractivity contribution in [2.45, 2.75) is 32.1 Å². The van der Waals surface area contributed by atoms with Gasteiger partial charge in [0.25, 0.3) is 0 Å². The molecule has 4 amide bonds. The first kappa shape index (κ1) is 21.0. The number of hydrazine groups is 4. The van der Waals surface area contributed by atoms with Crippen LogP contribution in [0.15, 0.2) is 0 Å². The number of hydrogen-bond acceptors (Lipinski definition) is 8. The topological polar surface area (TPSA) is 220 Å². The van der Waals surface area contributed by atoms with E-state index in [2.05, 4.69) is 0 Å². The molecule has 0 spiro atoms. The van der Waals surface area contributed by atoms with Crippen molar-refractivity contribution in [3.8, 4) is 0 Å². The van der Waals surface area contributed by atoms with Gasteiger partial charge in [0.2, 0.25) is 23.6 Å². The average molecular weight is 306 g/mol. The SMILES string of the molecule is NNC(=O)CCC(=O)NN.NNC(=O)CCCC(=O)NN. The second-order valence-corrected chi connectivity index (χ2v) is 3.62. The molecule has 12 heteroatoms. The summed E-state index contributed by atoms with van der Waals surface area (Å²) in [7, 11) is 0. The lowest BCUT2D eigenvalue weighted by atomic mass is 10.2. The van der Waals surface area contributed by atoms with Crippen LogP contribution in [0.3, 0.4) is 0 Å². The van der Waals surface area contributed by atoms with Gasteiger partial charge in [-0.05, 0) is 6.42 Å². The van der Waals surface area contributed by atoms with Crippen molar-refractivity contribution < 1.29 is 19.2 Å². The highest BCUT2D eigenvalue weighted by Crippen LogP contribution is 1.93. The number of carbonyl (C=O) groups is 4. The first-order valence-electron chi connectivity index (χ1n) is 5.89. The van der Waals surface area contributed by atoms with Gasteiger partial charge in [0, 0.05) is 25.7 Å². The fraction of sp³-hybridized carbons (Fsp3) is 0.556. The second-order valence-electron chi connectivity index (χ2n) is 3.62. The van der Waals surface area contributed by atoms with Crippen LogP contribution in [0.4, 0.5) is 0 Å². The third kappa shape index (κ3) is 15.7. The molecule has 0 radical (unpaired) electrons. The Balaban J connectivity index is 0. The van der Waals surface area contributed by atoms with Crippen LogP contribution in [0, 0.1) is 0 Å². The molecule has 0 rings (SSSR count). The van der Waals surface area contributed by atoms with Gasteiger partial charge in [-0.3, -0.25) is 40.9 Å². The molecular formula is C9H22N8O4. The molecule has 12 nitrogen and oxygen atoms in total. The summed E-state index contributed by atoms with van der Waals surface area (Å²) in [6, 6.07) is 0. The Labute approximate surface area is 121 Å². The minimum absolute atomic E-state index is 0.0551. The van der Waals surface area contributed by atoms with Gasteiger partial charge < -0.3 is 0 Å². The molecule has 0 aliphatic carbocycles. The van der Waals surface area contributed by atoms with Gasteiger partial charge in [0.05, 0.1) is 0 Å². The highest BCUT2D eigenvalue weighted by Gasteiger charge is 2.02. The molecular weight excluding hydrogens is 284 g/mol. The molecule has 0 aromatic carbocycles. The number of nitrogens with two attached hydrogens (primary N) is 4. The van der Waals surface area contributed by atoms with E-state index in [0.717, 1.165) is 0 Å². The Kier molecular flexibility index (Phi) is 14.2. The van der Waals surface area contributed by atoms with Gasteiger partial charge in [-0.15, -0.1) is 0 Å². The summed E-state index contributed by atoms with van der Waals surface area (Å²) in [5.41, 5.74) is 7.68. The van der Waals surface area contributed by atoms with Crippen LogP contribution in [-0.2, 0) is 19.2 Å². The van der Waals surface area contributed by atoms with Gasteiger partial charge in [0.1, 0.15) is 0 Å². The zero-order valence-electron chi connectivity index (χ0n) is 11.5. The van der Waals surface area contributed by atoms with Crippen LogP contribution in [0.25, 0.3) is 0 Å². The van der Waals surface area contributed by atoms with E-state index in [0.29, 0.717) is 6.42 Å². The first-order chi connectivity index (χ1) is 9.90. The molecule has 0 aromatic heterocycles. The van der Waals surface area contributed by atoms with Gasteiger partial charge in [-0.25, -0.2) is 23.4 Å². The van der Waals surface area contributed by atoms with Crippen molar-refractivity contribution in [3.63, 3.8) is 0 Å². The Morgan fingerprint density at radius 1 is 0.524 bits per heavy atom. The molecule has 122 valence electrons. The first-order valence-corrected chi connectivity index (χ1v) is 5.89. The smallest absolute Gasteiger partial charge is 0.234 e. The van der Waals surface area contributed by atoms with E-state index in [-0.39, 0.29) is 49.3 Å². The van der Waals surface area contributed by atoms with E-state index in [4.69, 9.17) is 23.4 Å². The lowest BCUT2D eigenvalue weighted by Gasteiger charge is -1.98. The zero-order chi connectivity index (χ0) is 16.7. The highest BCUT2D eigenvalue weighted by molar-refractivity contribution is 5.83. The minimum atomic E-state index is -0.386. The van der Waals surface area contributed by atoms with Crippen LogP contribution in [0.5, 0.6) is 0 Å². The Morgan fingerprint density at radius 3 is 1.00 bits per heavy atom. The quantitative estimate of drug-likeness (QED) is 0.131. The van der Waals surface area contributed by atoms with E-state index in [1.807, 2.05) is 21.7 Å². The van der Waals surface area contributed by atoms with Gasteiger partial charge >= 0.3 is 0 Å². The van der Waals surface area contributed by atoms with Crippen molar-refractivity contribution in [2.24, 2.45) is 23.4 Å². The fourth-order valence-corrected chi connectivity index (χ4v) is 0.925. The van der Waals surface area contributed by atoms with Crippen molar-refractivity contribution >= 4 is 23.6 Å². The Hall–Kier alpha value is -2.28. The summed E-state index contributed by atoms with van der Waals surface area (Å²) in [5.74, 6) is 17.7. The predicted octanol–water partition coefficient (Wildman–Crippen LogP) is -4.12. The summed E-state index contributed by atoms with van der Waals surface area (Å²) in [6.07, 6.45) is 1.04. The van der Waals surface area contributed by atoms with Gasteiger partial charge in [0.15, 0.2) is 0 Å². The number of rotatable bonds is 7. The third-order valence-electron chi connectivity index (χ3n) is 2.03. The molecule has 0 saturated heterocycles. The van der Waals surface area contributed by atoms with E-state index in [9.17, 15) is 19.2 Å². The van der Waals surface area contributed by atoms with E-state index in [1.54, 1.807) is 0 Å². The van der Waals surface area contributed by atoms with E-state index < -0.39 is 0 Å². The van der Waals surface area contributed by atoms with Gasteiger partial charge in [-0.2, -0.15) is 0 Å². The normalized spacial score (nSPS) is 8.76. The van der Waals surface area contributed by atoms with Crippen LogP contribution < -0.4 is 45.1 Å². The average Bonchev–Trinajstić information content (AvgIpc) is 2.51. The third-order valence-corrected chi connectivity index (χ3v) is 2.03. The largest absolute Gasteiger partial charge is 0.294 e. The summed E-state index contributed by atoms with van der Waals surface area (Å²) in [6.45, 7) is 0. The number of amides is 4. The molecule has 0 unspecified atom stereocenters. The summed E-state index contributed by atoms with van der Waals surface area (Å²) in [4.78, 5) is 41.7. The molecule has 0 aliphatic heterocycles. The monoisotopic (exact) mass is 306 g/mol. The summed E-state index contributed by atoms with van der Waals surface area (Å²) in [5, 5.41) is 0. The second kappa shape index (κ2) is 14.1. The minimum Gasteiger partial charge on any atom is -0.294 e. The van der Waals surface area contributed by atoms with Crippen molar-refractivity contribution in [3.05, 3.63) is 0 Å². The Morgan fingerprint density at radius 2 is 0.762 bits per heavy atom. The van der Waals surface area contributed by atoms with Gasteiger partial charge in [-0.1, -0.05) is 0 Å². The highest BCUT2D eigenvalue weighted by atomic mass is 16.2. The van der Waals surface area contributed by atoms with E-state index >= 15 is 0 Å². The van der Waals surface area contributed by atoms with E-state index in [1.165, 1.54) is 0 Å². The standard InChI is InChI=1S/C5H12N4O2.C4H10N4O2/c6-8-4(10)2-1-3-5(11)9-7;5-7-3(9)1-2-4(10)8-6/h1-3,6-7H2,(H,8,10)(H,9,11);1-2,5-6H2,(H,7,9)(H,8,10). The maximum absolute atomic E-state index is 10.5. The summed E-state index contributed by atoms with van der Waals surface area (Å²) >= 11 is 0. The molecule has 0 aromatic rings. The molecule has 0 fully saturated rings. The van der Waals surface area contributed by atoms with Crippen molar-refractivity contribution in [1.82, 2.24) is 21.7 Å². The van der Waals surface area contributed by atoms with Crippen LogP contribution in [0.2, 0.25) is 0 Å². The predicted molar refractivity (Wildman–Crippen MR) is 72.4 cm³/mol. The zero-order valence-corrected chi connectivity index (χ0v) is 11.5. The maximum Gasteiger partial charge on any atom is 0.234 e. The number of carbonyl (C=O) groups excluding carboxylic acids is 4. The lowest BCUT2D eigenvalue weighted by Crippen LogP contribution is -2.34. The fourth-order valence-electron chi connectivity index (χ4n) is 0.925. The Bertz CT molecular complexity index is 317. The molecule has 12 N–H and O–H groups in total.